The van der Waals surface area contributed by atoms with E-state index in [1.165, 1.54) is 12.0 Å². The summed E-state index contributed by atoms with van der Waals surface area (Å²) in [6.45, 7) is 5.88. The Morgan fingerprint density at radius 3 is 2.31 bits per heavy atom. The lowest BCUT2D eigenvalue weighted by molar-refractivity contribution is -0.120. The van der Waals surface area contributed by atoms with Gasteiger partial charge in [0.1, 0.15) is 11.4 Å². The third-order valence-corrected chi connectivity index (χ3v) is 5.91. The summed E-state index contributed by atoms with van der Waals surface area (Å²) in [6.07, 6.45) is 0. The molecule has 0 aromatic heterocycles. The summed E-state index contributed by atoms with van der Waals surface area (Å²) < 4.78 is 5.45. The van der Waals surface area contributed by atoms with Crippen molar-refractivity contribution in [3.8, 4) is 5.75 Å². The molecule has 0 radical (unpaired) electrons. The zero-order valence-electron chi connectivity index (χ0n) is 18.3. The predicted octanol–water partition coefficient (Wildman–Crippen LogP) is 5.67. The van der Waals surface area contributed by atoms with E-state index in [-0.39, 0.29) is 11.3 Å². The third kappa shape index (κ3) is 3.76. The molecule has 162 valence electrons. The number of carbonyl (C=O) groups excluding carboxylic acids is 2. The van der Waals surface area contributed by atoms with Crippen molar-refractivity contribution in [2.45, 2.75) is 20.8 Å². The molecule has 5 nitrogen and oxygen atoms in total. The van der Waals surface area contributed by atoms with Crippen LogP contribution in [0, 0.1) is 20.8 Å². The number of benzene rings is 3. The molecule has 3 aromatic rings. The van der Waals surface area contributed by atoms with E-state index in [2.05, 4.69) is 5.32 Å². The maximum absolute atomic E-state index is 13.7. The molecule has 0 aliphatic carbocycles. The molecule has 0 saturated carbocycles. The fourth-order valence-electron chi connectivity index (χ4n) is 3.74. The lowest BCUT2D eigenvalue weighted by Gasteiger charge is -2.19. The van der Waals surface area contributed by atoms with Gasteiger partial charge in [-0.2, -0.15) is 0 Å². The van der Waals surface area contributed by atoms with E-state index in [4.69, 9.17) is 16.3 Å². The van der Waals surface area contributed by atoms with E-state index in [1.807, 2.05) is 45.0 Å². The second-order valence-electron chi connectivity index (χ2n) is 7.75. The zero-order valence-corrected chi connectivity index (χ0v) is 19.1. The number of hydrogen-bond acceptors (Lipinski definition) is 4. The van der Waals surface area contributed by atoms with Gasteiger partial charge in [0.05, 0.1) is 18.4 Å². The summed E-state index contributed by atoms with van der Waals surface area (Å²) in [4.78, 5) is 28.5. The fraction of sp³-hybridized carbons (Fsp3) is 0.154. The lowest BCUT2D eigenvalue weighted by Crippen LogP contribution is -2.32. The van der Waals surface area contributed by atoms with Crippen LogP contribution in [0.4, 0.5) is 11.4 Å². The molecule has 0 saturated heterocycles. The molecule has 0 atom stereocenters. The number of methoxy groups -OCH3 is 1. The largest absolute Gasteiger partial charge is 0.495 e. The van der Waals surface area contributed by atoms with Gasteiger partial charge in [0.2, 0.25) is 0 Å². The number of nitrogens with zero attached hydrogens (tertiary/aromatic N) is 1. The molecule has 0 bridgehead atoms. The van der Waals surface area contributed by atoms with Crippen LogP contribution >= 0.6 is 11.6 Å². The molecule has 1 N–H and O–H groups in total. The predicted molar refractivity (Wildman–Crippen MR) is 128 cm³/mol. The molecule has 4 rings (SSSR count). The molecule has 3 aromatic carbocycles. The normalized spacial score (nSPS) is 13.7. The number of nitrogens with one attached hydrogen (secondary N) is 1. The standard InChI is InChI=1S/C26H23ClN2O3/c1-15-8-13-22(32-4)21(14-15)29-25(30)23(18-9-11-19(27)12-10-18)24(26(29)31)28-20-7-5-6-16(2)17(20)3/h5-14,28H,1-4H3. The summed E-state index contributed by atoms with van der Waals surface area (Å²) in [6, 6.07) is 18.1. The van der Waals surface area contributed by atoms with Crippen LogP contribution in [0.3, 0.4) is 0 Å². The van der Waals surface area contributed by atoms with E-state index in [0.29, 0.717) is 22.0 Å². The molecule has 0 unspecified atom stereocenters. The lowest BCUT2D eigenvalue weighted by atomic mass is 10.0. The summed E-state index contributed by atoms with van der Waals surface area (Å²) in [5, 5.41) is 3.79. The highest BCUT2D eigenvalue weighted by atomic mass is 35.5. The van der Waals surface area contributed by atoms with Gasteiger partial charge in [-0.1, -0.05) is 41.9 Å². The summed E-state index contributed by atoms with van der Waals surface area (Å²) in [7, 11) is 1.52. The number of amides is 2. The Bertz CT molecular complexity index is 1260. The third-order valence-electron chi connectivity index (χ3n) is 5.66. The number of rotatable bonds is 5. The Balaban J connectivity index is 1.88. The van der Waals surface area contributed by atoms with Crippen LogP contribution in [-0.2, 0) is 9.59 Å². The van der Waals surface area contributed by atoms with Crippen LogP contribution in [0.15, 0.2) is 66.4 Å². The van der Waals surface area contributed by atoms with Crippen LogP contribution < -0.4 is 15.0 Å². The van der Waals surface area contributed by atoms with Gasteiger partial charge in [-0.15, -0.1) is 0 Å². The van der Waals surface area contributed by atoms with E-state index < -0.39 is 11.8 Å². The first-order chi connectivity index (χ1) is 15.3. The molecule has 1 heterocycles. The molecule has 2 amide bonds. The van der Waals surface area contributed by atoms with Crippen LogP contribution in [0.5, 0.6) is 5.75 Å². The first-order valence-electron chi connectivity index (χ1n) is 10.2. The molecule has 32 heavy (non-hydrogen) atoms. The molecule has 1 aliphatic heterocycles. The first-order valence-corrected chi connectivity index (χ1v) is 10.6. The quantitative estimate of drug-likeness (QED) is 0.513. The zero-order chi connectivity index (χ0) is 23.0. The highest BCUT2D eigenvalue weighted by Gasteiger charge is 2.41. The van der Waals surface area contributed by atoms with Crippen molar-refractivity contribution in [2.24, 2.45) is 0 Å². The topological polar surface area (TPSA) is 58.6 Å². The van der Waals surface area contributed by atoms with Crippen molar-refractivity contribution >= 4 is 40.4 Å². The molecular formula is C26H23ClN2O3. The van der Waals surface area contributed by atoms with Gasteiger partial charge in [-0.05, 0) is 73.4 Å². The molecule has 6 heteroatoms. The Morgan fingerprint density at radius 2 is 1.62 bits per heavy atom. The van der Waals surface area contributed by atoms with Crippen LogP contribution in [-0.4, -0.2) is 18.9 Å². The van der Waals surface area contributed by atoms with Gasteiger partial charge in [0, 0.05) is 10.7 Å². The number of carbonyl (C=O) groups is 2. The first kappa shape index (κ1) is 21.7. The van der Waals surface area contributed by atoms with Crippen molar-refractivity contribution < 1.29 is 14.3 Å². The average Bonchev–Trinajstić information content (AvgIpc) is 3.01. The highest BCUT2D eigenvalue weighted by Crippen LogP contribution is 2.39. The highest BCUT2D eigenvalue weighted by molar-refractivity contribution is 6.46. The maximum atomic E-state index is 13.7. The van der Waals surface area contributed by atoms with Crippen molar-refractivity contribution in [2.75, 3.05) is 17.3 Å². The number of anilines is 2. The Kier molecular flexibility index (Phi) is 5.76. The number of halogens is 1. The number of hydrogen-bond donors (Lipinski definition) is 1. The van der Waals surface area contributed by atoms with Crippen LogP contribution in [0.2, 0.25) is 5.02 Å². The van der Waals surface area contributed by atoms with Gasteiger partial charge < -0.3 is 10.1 Å². The van der Waals surface area contributed by atoms with Gasteiger partial charge in [0.25, 0.3) is 11.8 Å². The fourth-order valence-corrected chi connectivity index (χ4v) is 3.87. The van der Waals surface area contributed by atoms with E-state index >= 15 is 0 Å². The van der Waals surface area contributed by atoms with E-state index in [9.17, 15) is 9.59 Å². The summed E-state index contributed by atoms with van der Waals surface area (Å²) >= 11 is 6.06. The van der Waals surface area contributed by atoms with Crippen LogP contribution in [0.1, 0.15) is 22.3 Å². The van der Waals surface area contributed by atoms with Gasteiger partial charge in [-0.3, -0.25) is 9.59 Å². The van der Waals surface area contributed by atoms with Gasteiger partial charge in [0.15, 0.2) is 0 Å². The van der Waals surface area contributed by atoms with E-state index in [0.717, 1.165) is 22.4 Å². The second-order valence-corrected chi connectivity index (χ2v) is 8.19. The molecule has 0 fully saturated rings. The summed E-state index contributed by atoms with van der Waals surface area (Å²) in [5.41, 5.74) is 5.28. The second kappa shape index (κ2) is 8.52. The number of ether oxygens (including phenoxy) is 1. The molecule has 1 aliphatic rings. The minimum absolute atomic E-state index is 0.217. The Morgan fingerprint density at radius 1 is 0.906 bits per heavy atom. The Labute approximate surface area is 192 Å². The monoisotopic (exact) mass is 446 g/mol. The Hall–Kier alpha value is -3.57. The summed E-state index contributed by atoms with van der Waals surface area (Å²) in [5.74, 6) is -0.417. The van der Waals surface area contributed by atoms with Crippen molar-refractivity contribution in [3.05, 3.63) is 93.6 Å². The smallest absolute Gasteiger partial charge is 0.282 e. The molecular weight excluding hydrogens is 424 g/mol. The minimum Gasteiger partial charge on any atom is -0.495 e. The maximum Gasteiger partial charge on any atom is 0.282 e. The number of imide groups is 1. The number of aryl methyl sites for hydroxylation is 2. The van der Waals surface area contributed by atoms with Crippen molar-refractivity contribution in [1.29, 1.82) is 0 Å². The van der Waals surface area contributed by atoms with Gasteiger partial charge in [-0.25, -0.2) is 4.90 Å². The van der Waals surface area contributed by atoms with Gasteiger partial charge >= 0.3 is 0 Å². The van der Waals surface area contributed by atoms with Crippen LogP contribution in [0.25, 0.3) is 5.57 Å². The minimum atomic E-state index is -0.440. The van der Waals surface area contributed by atoms with E-state index in [1.54, 1.807) is 36.4 Å². The SMILES string of the molecule is COc1ccc(C)cc1N1C(=O)C(Nc2cccc(C)c2C)=C(c2ccc(Cl)cc2)C1=O. The average molecular weight is 447 g/mol. The van der Waals surface area contributed by atoms with Crippen molar-refractivity contribution in [1.82, 2.24) is 0 Å². The van der Waals surface area contributed by atoms with Crippen molar-refractivity contribution in [3.63, 3.8) is 0 Å². The molecule has 0 spiro atoms.